The molecular formula is C28H32N6O6S. The molecule has 12 nitrogen and oxygen atoms in total. The number of tetrazole rings is 1. The number of aromatic nitrogens is 6. The van der Waals surface area contributed by atoms with Crippen LogP contribution in [0.2, 0.25) is 0 Å². The normalized spacial score (nSPS) is 11.5. The molecule has 0 fully saturated rings. The van der Waals surface area contributed by atoms with Crippen LogP contribution in [0.25, 0.3) is 22.5 Å². The fraction of sp³-hybridized carbons (Fsp3) is 0.357. The van der Waals surface area contributed by atoms with Gasteiger partial charge in [0.05, 0.1) is 12.6 Å². The zero-order valence-corrected chi connectivity index (χ0v) is 24.3. The van der Waals surface area contributed by atoms with Crippen molar-refractivity contribution >= 4 is 23.9 Å². The van der Waals surface area contributed by atoms with Crippen LogP contribution >= 0.6 is 11.8 Å². The minimum absolute atomic E-state index is 0.0702. The molecule has 0 bridgehead atoms. The van der Waals surface area contributed by atoms with Gasteiger partial charge in [-0.05, 0) is 55.4 Å². The number of hydrogen-bond acceptors (Lipinski definition) is 11. The largest absolute Gasteiger partial charge is 0.511 e. The summed E-state index contributed by atoms with van der Waals surface area (Å²) in [6.45, 7) is 8.04. The Labute approximate surface area is 241 Å². The lowest BCUT2D eigenvalue weighted by atomic mass is 9.98. The van der Waals surface area contributed by atoms with Gasteiger partial charge in [-0.1, -0.05) is 67.2 Å². The van der Waals surface area contributed by atoms with Crippen molar-refractivity contribution in [1.29, 1.82) is 0 Å². The summed E-state index contributed by atoms with van der Waals surface area (Å²) >= 11 is 1.43. The highest BCUT2D eigenvalue weighted by Crippen LogP contribution is 2.32. The van der Waals surface area contributed by atoms with E-state index in [0.29, 0.717) is 16.7 Å². The average molecular weight is 581 g/mol. The van der Waals surface area contributed by atoms with Crippen LogP contribution in [0.1, 0.15) is 56.4 Å². The van der Waals surface area contributed by atoms with Crippen molar-refractivity contribution in [3.05, 3.63) is 65.5 Å². The Morgan fingerprint density at radius 3 is 2.39 bits per heavy atom. The number of rotatable bonds is 11. The van der Waals surface area contributed by atoms with Gasteiger partial charge in [-0.3, -0.25) is 0 Å². The van der Waals surface area contributed by atoms with Gasteiger partial charge >= 0.3 is 12.1 Å². The molecule has 41 heavy (non-hydrogen) atoms. The number of carbonyl (C=O) groups is 2. The van der Waals surface area contributed by atoms with E-state index in [1.807, 2.05) is 55.5 Å². The van der Waals surface area contributed by atoms with Crippen LogP contribution in [0.5, 0.6) is 0 Å². The van der Waals surface area contributed by atoms with E-state index in [9.17, 15) is 14.7 Å². The predicted molar refractivity (Wildman–Crippen MR) is 151 cm³/mol. The molecule has 0 saturated carbocycles. The van der Waals surface area contributed by atoms with Crippen molar-refractivity contribution in [1.82, 2.24) is 30.2 Å². The number of thioether (sulfide) groups is 1. The molecule has 2 aromatic carbocycles. The molecule has 2 aromatic heterocycles. The third kappa shape index (κ3) is 7.30. The van der Waals surface area contributed by atoms with Crippen LogP contribution < -0.4 is 0 Å². The molecule has 0 aliphatic rings. The first-order chi connectivity index (χ1) is 19.6. The van der Waals surface area contributed by atoms with E-state index < -0.39 is 24.5 Å². The molecule has 2 heterocycles. The molecule has 0 amide bonds. The summed E-state index contributed by atoms with van der Waals surface area (Å²) in [4.78, 5) is 29.6. The minimum Gasteiger partial charge on any atom is -0.431 e. The Bertz CT molecular complexity index is 1480. The zero-order chi connectivity index (χ0) is 29.6. The molecule has 4 rings (SSSR count). The Morgan fingerprint density at radius 2 is 1.78 bits per heavy atom. The Kier molecular flexibility index (Phi) is 9.40. The van der Waals surface area contributed by atoms with E-state index in [4.69, 9.17) is 14.2 Å². The maximum Gasteiger partial charge on any atom is 0.511 e. The number of ether oxygens (including phenoxy) is 3. The van der Waals surface area contributed by atoms with Crippen molar-refractivity contribution < 1.29 is 28.9 Å². The van der Waals surface area contributed by atoms with Crippen LogP contribution in [0.15, 0.2) is 53.7 Å². The number of nitrogens with one attached hydrogen (secondary N) is 1. The summed E-state index contributed by atoms with van der Waals surface area (Å²) in [6, 6.07) is 15.6. The number of aromatic amines is 1. The van der Waals surface area contributed by atoms with Gasteiger partial charge in [0.1, 0.15) is 11.3 Å². The Balaban J connectivity index is 1.63. The molecule has 0 unspecified atom stereocenters. The smallest absolute Gasteiger partial charge is 0.431 e. The van der Waals surface area contributed by atoms with Gasteiger partial charge in [0.15, 0.2) is 10.9 Å². The summed E-state index contributed by atoms with van der Waals surface area (Å²) < 4.78 is 16.7. The first-order valence-electron chi connectivity index (χ1n) is 13.0. The molecule has 216 valence electrons. The molecule has 0 atom stereocenters. The topological polar surface area (TPSA) is 154 Å². The SMILES string of the molecule is CCSc1nc(C(C)(C)O)c(C(=O)OCOC(=O)OC(C)C)n1Cc1ccc(-c2ccccc2-c2nn[nH]n2)cc1. The Morgan fingerprint density at radius 1 is 1.07 bits per heavy atom. The number of nitrogens with zero attached hydrogens (tertiary/aromatic N) is 5. The van der Waals surface area contributed by atoms with E-state index in [2.05, 4.69) is 25.6 Å². The second kappa shape index (κ2) is 13.0. The van der Waals surface area contributed by atoms with E-state index in [1.165, 1.54) is 11.8 Å². The Hall–Kier alpha value is -4.23. The van der Waals surface area contributed by atoms with Gasteiger partial charge in [-0.15, -0.1) is 10.2 Å². The van der Waals surface area contributed by atoms with Crippen LogP contribution in [-0.4, -0.2) is 66.1 Å². The number of esters is 1. The summed E-state index contributed by atoms with van der Waals surface area (Å²) in [7, 11) is 0. The second-order valence-electron chi connectivity index (χ2n) is 9.76. The lowest BCUT2D eigenvalue weighted by molar-refractivity contribution is -0.0355. The van der Waals surface area contributed by atoms with Crippen LogP contribution in [0.3, 0.4) is 0 Å². The molecule has 2 N–H and O–H groups in total. The van der Waals surface area contributed by atoms with Crippen LogP contribution in [0, 0.1) is 0 Å². The highest BCUT2D eigenvalue weighted by Gasteiger charge is 2.33. The first kappa shape index (κ1) is 29.7. The van der Waals surface area contributed by atoms with Gasteiger partial charge < -0.3 is 23.9 Å². The number of carbonyl (C=O) groups excluding carboxylic acids is 2. The zero-order valence-electron chi connectivity index (χ0n) is 23.5. The van der Waals surface area contributed by atoms with Gasteiger partial charge in [0, 0.05) is 5.56 Å². The molecule has 0 aliphatic heterocycles. The lowest BCUT2D eigenvalue weighted by Crippen LogP contribution is -2.24. The van der Waals surface area contributed by atoms with Crippen LogP contribution in [0.4, 0.5) is 4.79 Å². The van der Waals surface area contributed by atoms with Gasteiger partial charge in [-0.2, -0.15) is 5.21 Å². The minimum atomic E-state index is -1.44. The third-order valence-corrected chi connectivity index (χ3v) is 6.66. The number of imidazole rings is 1. The maximum absolute atomic E-state index is 13.3. The van der Waals surface area contributed by atoms with Crippen molar-refractivity contribution in [3.8, 4) is 22.5 Å². The summed E-state index contributed by atoms with van der Waals surface area (Å²) in [6.07, 6.45) is -1.33. The predicted octanol–water partition coefficient (Wildman–Crippen LogP) is 4.79. The molecule has 0 saturated heterocycles. The van der Waals surface area contributed by atoms with Crippen molar-refractivity contribution in [2.45, 2.75) is 58.0 Å². The average Bonchev–Trinajstić information content (AvgIpc) is 3.58. The van der Waals surface area contributed by atoms with E-state index in [-0.39, 0.29) is 24.0 Å². The molecule has 13 heteroatoms. The molecule has 0 radical (unpaired) electrons. The standard InChI is InChI=1S/C28H32N6O6S/c1-6-41-26-29-23(28(4,5)37)22(25(35)38-16-39-27(36)40-17(2)3)34(26)15-18-11-13-19(14-12-18)20-9-7-8-10-21(20)24-30-32-33-31-24/h7-14,17,37H,6,15-16H2,1-5H3,(H,30,31,32,33). The van der Waals surface area contributed by atoms with Gasteiger partial charge in [-0.25, -0.2) is 14.6 Å². The molecule has 0 aliphatic carbocycles. The highest BCUT2D eigenvalue weighted by molar-refractivity contribution is 7.99. The van der Waals surface area contributed by atoms with Gasteiger partial charge in [0.25, 0.3) is 0 Å². The molecule has 4 aromatic rings. The van der Waals surface area contributed by atoms with E-state index >= 15 is 0 Å². The summed E-state index contributed by atoms with van der Waals surface area (Å²) in [5.74, 6) is 0.390. The monoisotopic (exact) mass is 580 g/mol. The highest BCUT2D eigenvalue weighted by atomic mass is 32.2. The fourth-order valence-corrected chi connectivity index (χ4v) is 4.78. The third-order valence-electron chi connectivity index (χ3n) is 5.80. The number of H-pyrrole nitrogens is 1. The quantitative estimate of drug-likeness (QED) is 0.143. The number of aliphatic hydroxyl groups is 1. The maximum atomic E-state index is 13.3. The van der Waals surface area contributed by atoms with Crippen molar-refractivity contribution in [2.75, 3.05) is 12.5 Å². The fourth-order valence-electron chi connectivity index (χ4n) is 4.06. The summed E-state index contributed by atoms with van der Waals surface area (Å²) in [5, 5.41) is 25.8. The van der Waals surface area contributed by atoms with Gasteiger partial charge in [0.2, 0.25) is 12.6 Å². The molecule has 0 spiro atoms. The lowest BCUT2D eigenvalue weighted by Gasteiger charge is -2.18. The van der Waals surface area contributed by atoms with Crippen molar-refractivity contribution in [3.63, 3.8) is 0 Å². The first-order valence-corrected chi connectivity index (χ1v) is 14.0. The van der Waals surface area contributed by atoms with Crippen molar-refractivity contribution in [2.24, 2.45) is 0 Å². The number of benzene rings is 2. The molecular weight excluding hydrogens is 548 g/mol. The van der Waals surface area contributed by atoms with E-state index in [1.54, 1.807) is 32.3 Å². The van der Waals surface area contributed by atoms with E-state index in [0.717, 1.165) is 22.3 Å². The van der Waals surface area contributed by atoms with Crippen LogP contribution in [-0.2, 0) is 26.4 Å². The second-order valence-corrected chi connectivity index (χ2v) is 11.0. The number of hydrogen-bond donors (Lipinski definition) is 2. The summed E-state index contributed by atoms with van der Waals surface area (Å²) in [5.41, 5.74) is 2.40.